The van der Waals surface area contributed by atoms with Crippen LogP contribution >= 0.6 is 15.9 Å². The number of aryl methyl sites for hydroxylation is 1. The Morgan fingerprint density at radius 1 is 1.41 bits per heavy atom. The average molecular weight is 368 g/mol. The molecule has 0 spiro atoms. The average Bonchev–Trinajstić information content (AvgIpc) is 2.78. The van der Waals surface area contributed by atoms with Gasteiger partial charge in [-0.05, 0) is 40.5 Å². The van der Waals surface area contributed by atoms with Gasteiger partial charge in [0.25, 0.3) is 5.91 Å². The van der Waals surface area contributed by atoms with E-state index in [1.54, 1.807) is 0 Å². The number of carbonyl (C=O) groups is 2. The monoisotopic (exact) mass is 367 g/mol. The SMILES string of the molecule is Cc1cc(Br)c2[nH]c(O)c(N=NC(=O)CCC(=O)NN)c2c1. The summed E-state index contributed by atoms with van der Waals surface area (Å²) >= 11 is 3.39. The zero-order valence-corrected chi connectivity index (χ0v) is 13.3. The molecule has 0 aliphatic heterocycles. The number of carbonyl (C=O) groups excluding carboxylic acids is 2. The summed E-state index contributed by atoms with van der Waals surface area (Å²) in [6, 6.07) is 3.70. The molecule has 2 rings (SSSR count). The first-order valence-corrected chi connectivity index (χ1v) is 7.16. The van der Waals surface area contributed by atoms with Crippen molar-refractivity contribution in [3.8, 4) is 5.88 Å². The van der Waals surface area contributed by atoms with E-state index in [4.69, 9.17) is 5.84 Å². The Hall–Kier alpha value is -2.26. The molecule has 0 atom stereocenters. The van der Waals surface area contributed by atoms with E-state index in [2.05, 4.69) is 31.1 Å². The Kier molecular flexibility index (Phi) is 4.88. The van der Waals surface area contributed by atoms with Crippen molar-refractivity contribution in [2.24, 2.45) is 16.1 Å². The predicted octanol–water partition coefficient (Wildman–Crippen LogP) is 2.32. The molecule has 0 fully saturated rings. The first kappa shape index (κ1) is 16.1. The molecule has 2 amide bonds. The highest BCUT2D eigenvalue weighted by molar-refractivity contribution is 9.10. The largest absolute Gasteiger partial charge is 0.493 e. The minimum absolute atomic E-state index is 0.0706. The summed E-state index contributed by atoms with van der Waals surface area (Å²) in [6.45, 7) is 1.89. The van der Waals surface area contributed by atoms with E-state index in [9.17, 15) is 14.7 Å². The second-order valence-corrected chi connectivity index (χ2v) is 5.51. The number of hydrazine groups is 1. The minimum Gasteiger partial charge on any atom is -0.493 e. The number of nitrogens with one attached hydrogen (secondary N) is 2. The number of aromatic nitrogens is 1. The number of halogens is 1. The Labute approximate surface area is 133 Å². The number of azo groups is 1. The zero-order valence-electron chi connectivity index (χ0n) is 11.7. The zero-order chi connectivity index (χ0) is 16.3. The van der Waals surface area contributed by atoms with Crippen LogP contribution in [0.2, 0.25) is 0 Å². The van der Waals surface area contributed by atoms with Gasteiger partial charge >= 0.3 is 0 Å². The lowest BCUT2D eigenvalue weighted by Crippen LogP contribution is -2.30. The van der Waals surface area contributed by atoms with Gasteiger partial charge in [-0.2, -0.15) is 0 Å². The van der Waals surface area contributed by atoms with E-state index in [1.807, 2.05) is 24.5 Å². The van der Waals surface area contributed by atoms with Crippen LogP contribution in [0.4, 0.5) is 5.69 Å². The summed E-state index contributed by atoms with van der Waals surface area (Å²) < 4.78 is 0.769. The van der Waals surface area contributed by atoms with E-state index in [1.165, 1.54) is 0 Å². The molecule has 0 aliphatic rings. The van der Waals surface area contributed by atoms with E-state index in [-0.39, 0.29) is 24.4 Å². The van der Waals surface area contributed by atoms with Crippen LogP contribution in [0.3, 0.4) is 0 Å². The van der Waals surface area contributed by atoms with Crippen molar-refractivity contribution in [3.63, 3.8) is 0 Å². The maximum atomic E-state index is 11.6. The molecule has 2 aromatic rings. The Morgan fingerprint density at radius 3 is 2.82 bits per heavy atom. The molecule has 5 N–H and O–H groups in total. The molecule has 9 heteroatoms. The van der Waals surface area contributed by atoms with Crippen LogP contribution in [0.15, 0.2) is 26.8 Å². The Bertz CT molecular complexity index is 769. The van der Waals surface area contributed by atoms with Crippen molar-refractivity contribution in [1.82, 2.24) is 10.4 Å². The summed E-state index contributed by atoms with van der Waals surface area (Å²) in [5.74, 6) is 3.69. The smallest absolute Gasteiger partial charge is 0.265 e. The van der Waals surface area contributed by atoms with Gasteiger partial charge in [-0.3, -0.25) is 15.0 Å². The quantitative estimate of drug-likeness (QED) is 0.285. The summed E-state index contributed by atoms with van der Waals surface area (Å²) in [5.41, 5.74) is 3.72. The fourth-order valence-corrected chi connectivity index (χ4v) is 2.58. The van der Waals surface area contributed by atoms with Gasteiger partial charge in [0.2, 0.25) is 11.8 Å². The molecular weight excluding hydrogens is 354 g/mol. The third kappa shape index (κ3) is 3.49. The van der Waals surface area contributed by atoms with Gasteiger partial charge < -0.3 is 10.1 Å². The first-order valence-electron chi connectivity index (χ1n) is 6.37. The second kappa shape index (κ2) is 6.67. The van der Waals surface area contributed by atoms with Crippen LogP contribution in [-0.2, 0) is 9.59 Å². The molecule has 1 aromatic carbocycles. The van der Waals surface area contributed by atoms with Crippen molar-refractivity contribution in [2.45, 2.75) is 19.8 Å². The number of aromatic hydroxyl groups is 1. The van der Waals surface area contributed by atoms with Crippen molar-refractivity contribution >= 4 is 44.3 Å². The van der Waals surface area contributed by atoms with Crippen LogP contribution in [0.5, 0.6) is 5.88 Å². The van der Waals surface area contributed by atoms with Crippen molar-refractivity contribution < 1.29 is 14.7 Å². The molecule has 1 heterocycles. The highest BCUT2D eigenvalue weighted by Gasteiger charge is 2.14. The van der Waals surface area contributed by atoms with Crippen LogP contribution in [-0.4, -0.2) is 21.9 Å². The maximum Gasteiger partial charge on any atom is 0.265 e. The number of benzene rings is 1. The van der Waals surface area contributed by atoms with E-state index >= 15 is 0 Å². The van der Waals surface area contributed by atoms with Crippen molar-refractivity contribution in [1.29, 1.82) is 0 Å². The number of H-pyrrole nitrogens is 1. The second-order valence-electron chi connectivity index (χ2n) is 4.65. The van der Waals surface area contributed by atoms with Gasteiger partial charge in [-0.1, -0.05) is 0 Å². The van der Waals surface area contributed by atoms with Crippen molar-refractivity contribution in [2.75, 3.05) is 0 Å². The number of hydrogen-bond donors (Lipinski definition) is 4. The molecule has 0 aliphatic carbocycles. The van der Waals surface area contributed by atoms with Gasteiger partial charge in [0.1, 0.15) is 0 Å². The standard InChI is InChI=1S/C13H14BrN5O3/c1-6-4-7-11(8(14)5-6)16-13(22)12(7)19-18-10(21)3-2-9(20)17-15/h4-5,16,22H,2-3,15H2,1H3,(H,17,20). The highest BCUT2D eigenvalue weighted by atomic mass is 79.9. The number of hydrogen-bond acceptors (Lipinski definition) is 5. The molecule has 8 nitrogen and oxygen atoms in total. The summed E-state index contributed by atoms with van der Waals surface area (Å²) in [5, 5.41) is 17.8. The number of nitrogens with two attached hydrogens (primary N) is 1. The molecular formula is C13H14BrN5O3. The lowest BCUT2D eigenvalue weighted by Gasteiger charge is -1.97. The van der Waals surface area contributed by atoms with Gasteiger partial charge in [-0.25, -0.2) is 5.84 Å². The number of amides is 2. The number of fused-ring (bicyclic) bond motifs is 1. The molecule has 22 heavy (non-hydrogen) atoms. The van der Waals surface area contributed by atoms with Crippen LogP contribution < -0.4 is 11.3 Å². The molecule has 0 radical (unpaired) electrons. The van der Waals surface area contributed by atoms with Crippen molar-refractivity contribution in [3.05, 3.63) is 22.2 Å². The van der Waals surface area contributed by atoms with Gasteiger partial charge in [-0.15, -0.1) is 10.2 Å². The fraction of sp³-hybridized carbons (Fsp3) is 0.231. The lowest BCUT2D eigenvalue weighted by molar-refractivity contribution is -0.125. The fourth-order valence-electron chi connectivity index (χ4n) is 1.91. The van der Waals surface area contributed by atoms with E-state index < -0.39 is 11.8 Å². The summed E-state index contributed by atoms with van der Waals surface area (Å²) in [4.78, 5) is 25.3. The number of rotatable bonds is 4. The van der Waals surface area contributed by atoms with Gasteiger partial charge in [0.05, 0.1) is 5.52 Å². The lowest BCUT2D eigenvalue weighted by atomic mass is 10.1. The molecule has 0 bridgehead atoms. The third-order valence-corrected chi connectivity index (χ3v) is 3.57. The summed E-state index contributed by atoms with van der Waals surface area (Å²) in [7, 11) is 0. The van der Waals surface area contributed by atoms with Crippen LogP contribution in [0, 0.1) is 6.92 Å². The predicted molar refractivity (Wildman–Crippen MR) is 83.5 cm³/mol. The Balaban J connectivity index is 2.24. The summed E-state index contributed by atoms with van der Waals surface area (Å²) in [6.07, 6.45) is -0.183. The number of aromatic amines is 1. The first-order chi connectivity index (χ1) is 10.4. The third-order valence-electron chi connectivity index (χ3n) is 2.95. The molecule has 1 aromatic heterocycles. The maximum absolute atomic E-state index is 11.6. The molecule has 116 valence electrons. The number of nitrogens with zero attached hydrogens (tertiary/aromatic N) is 2. The van der Waals surface area contributed by atoms with Gasteiger partial charge in [0.15, 0.2) is 5.69 Å². The van der Waals surface area contributed by atoms with Crippen LogP contribution in [0.25, 0.3) is 10.9 Å². The van der Waals surface area contributed by atoms with E-state index in [0.717, 1.165) is 10.0 Å². The van der Waals surface area contributed by atoms with Gasteiger partial charge in [0, 0.05) is 22.7 Å². The molecule has 0 saturated heterocycles. The molecule has 0 unspecified atom stereocenters. The van der Waals surface area contributed by atoms with E-state index in [0.29, 0.717) is 10.9 Å². The Morgan fingerprint density at radius 2 is 2.14 bits per heavy atom. The topological polar surface area (TPSA) is 133 Å². The normalized spacial score (nSPS) is 11.2. The van der Waals surface area contributed by atoms with Crippen LogP contribution in [0.1, 0.15) is 18.4 Å². The molecule has 0 saturated carbocycles. The highest BCUT2D eigenvalue weighted by Crippen LogP contribution is 2.39. The minimum atomic E-state index is -0.580.